The van der Waals surface area contributed by atoms with Crippen LogP contribution in [0.25, 0.3) is 0 Å². The van der Waals surface area contributed by atoms with Crippen LogP contribution < -0.4 is 0 Å². The zero-order chi connectivity index (χ0) is 18.3. The number of carbonyl (C=O) groups is 2. The quantitative estimate of drug-likeness (QED) is 0.438. The molecule has 1 saturated heterocycles. The highest BCUT2D eigenvalue weighted by Gasteiger charge is 2.28. The molecule has 1 aliphatic heterocycles. The average Bonchev–Trinajstić information content (AvgIpc) is 2.51. The van der Waals surface area contributed by atoms with Gasteiger partial charge in [0.1, 0.15) is 5.60 Å². The van der Waals surface area contributed by atoms with E-state index >= 15 is 0 Å². The number of piperidine rings is 1. The molecule has 0 bridgehead atoms. The minimum Gasteiger partial charge on any atom is -0.462 e. The Labute approximate surface area is 145 Å². The van der Waals surface area contributed by atoms with E-state index in [4.69, 9.17) is 9.47 Å². The molecule has 0 spiro atoms. The van der Waals surface area contributed by atoms with E-state index in [0.29, 0.717) is 25.3 Å². The summed E-state index contributed by atoms with van der Waals surface area (Å²) in [5, 5.41) is 0. The van der Waals surface area contributed by atoms with Gasteiger partial charge in [-0.2, -0.15) is 0 Å². The van der Waals surface area contributed by atoms with Gasteiger partial charge in [-0.1, -0.05) is 12.7 Å². The molecule has 0 unspecified atom stereocenters. The standard InChI is InChI=1S/C18H30N2O4/c1-7-14(16(21)23-8-2)13-19(6)15-9-11-20(12-10-15)17(22)24-18(3,4)5/h7,13,15H,1,8-12H2,2-6H3/b14-13+. The molecule has 1 aliphatic rings. The number of ether oxygens (including phenoxy) is 2. The SMILES string of the molecule is C=C/C(=C\N(C)C1CCN(C(=O)OC(C)(C)C)CC1)C(=O)OCC. The Morgan fingerprint density at radius 1 is 1.29 bits per heavy atom. The molecule has 0 N–H and O–H groups in total. The summed E-state index contributed by atoms with van der Waals surface area (Å²) in [6.45, 7) is 12.6. The van der Waals surface area contributed by atoms with Crippen molar-refractivity contribution in [3.8, 4) is 0 Å². The summed E-state index contributed by atoms with van der Waals surface area (Å²) in [6, 6.07) is 0.257. The van der Waals surface area contributed by atoms with Crippen LogP contribution in [0.3, 0.4) is 0 Å². The van der Waals surface area contributed by atoms with Crippen LogP contribution in [-0.4, -0.2) is 60.2 Å². The summed E-state index contributed by atoms with van der Waals surface area (Å²) >= 11 is 0. The monoisotopic (exact) mass is 338 g/mol. The van der Waals surface area contributed by atoms with Gasteiger partial charge in [0.05, 0.1) is 12.2 Å². The summed E-state index contributed by atoms with van der Waals surface area (Å²) in [5.74, 6) is -0.370. The minimum absolute atomic E-state index is 0.257. The highest BCUT2D eigenvalue weighted by molar-refractivity contribution is 5.91. The summed E-state index contributed by atoms with van der Waals surface area (Å²) in [4.78, 5) is 27.6. The molecular weight excluding hydrogens is 308 g/mol. The van der Waals surface area contributed by atoms with Crippen molar-refractivity contribution in [2.24, 2.45) is 0 Å². The van der Waals surface area contributed by atoms with Gasteiger partial charge >= 0.3 is 12.1 Å². The molecule has 0 aromatic rings. The maximum absolute atomic E-state index is 12.1. The third-order valence-electron chi connectivity index (χ3n) is 3.77. The lowest BCUT2D eigenvalue weighted by molar-refractivity contribution is -0.138. The van der Waals surface area contributed by atoms with Crippen LogP contribution in [0.5, 0.6) is 0 Å². The molecule has 0 radical (unpaired) electrons. The van der Waals surface area contributed by atoms with Crippen molar-refractivity contribution < 1.29 is 19.1 Å². The summed E-state index contributed by atoms with van der Waals surface area (Å²) in [5.41, 5.74) is -0.0414. The number of carbonyl (C=O) groups excluding carboxylic acids is 2. The van der Waals surface area contributed by atoms with Crippen LogP contribution >= 0.6 is 0 Å². The van der Waals surface area contributed by atoms with Crippen molar-refractivity contribution in [3.05, 3.63) is 24.4 Å². The molecule has 136 valence electrons. The van der Waals surface area contributed by atoms with E-state index in [1.807, 2.05) is 32.7 Å². The van der Waals surface area contributed by atoms with Gasteiger partial charge in [0, 0.05) is 32.4 Å². The van der Waals surface area contributed by atoms with Crippen LogP contribution in [0.4, 0.5) is 4.79 Å². The summed E-state index contributed by atoms with van der Waals surface area (Å²) < 4.78 is 10.4. The molecule has 1 amide bonds. The Morgan fingerprint density at radius 3 is 2.33 bits per heavy atom. The Hall–Kier alpha value is -1.98. The van der Waals surface area contributed by atoms with Crippen molar-refractivity contribution in [3.63, 3.8) is 0 Å². The second-order valence-corrected chi connectivity index (χ2v) is 6.87. The zero-order valence-corrected chi connectivity index (χ0v) is 15.5. The Bertz CT molecular complexity index is 486. The predicted molar refractivity (Wildman–Crippen MR) is 93.5 cm³/mol. The lowest BCUT2D eigenvalue weighted by Crippen LogP contribution is -2.46. The van der Waals surface area contributed by atoms with Gasteiger partial charge in [0.25, 0.3) is 0 Å². The van der Waals surface area contributed by atoms with E-state index in [1.165, 1.54) is 6.08 Å². The highest BCUT2D eigenvalue weighted by Crippen LogP contribution is 2.19. The van der Waals surface area contributed by atoms with Crippen molar-refractivity contribution in [1.29, 1.82) is 0 Å². The molecule has 0 aromatic carbocycles. The number of amides is 1. The average molecular weight is 338 g/mol. The smallest absolute Gasteiger partial charge is 0.410 e. The van der Waals surface area contributed by atoms with Crippen molar-refractivity contribution in [2.45, 2.75) is 52.2 Å². The first-order valence-corrected chi connectivity index (χ1v) is 8.39. The van der Waals surface area contributed by atoms with Crippen molar-refractivity contribution in [1.82, 2.24) is 9.80 Å². The first kappa shape index (κ1) is 20.1. The number of hydrogen-bond donors (Lipinski definition) is 0. The highest BCUT2D eigenvalue weighted by atomic mass is 16.6. The molecule has 6 heteroatoms. The van der Waals surface area contributed by atoms with Gasteiger partial charge in [0.15, 0.2) is 0 Å². The molecular formula is C18H30N2O4. The molecule has 6 nitrogen and oxygen atoms in total. The third kappa shape index (κ3) is 6.26. The number of rotatable bonds is 5. The van der Waals surface area contributed by atoms with Gasteiger partial charge in [0.2, 0.25) is 0 Å². The normalized spacial score (nSPS) is 16.5. The Morgan fingerprint density at radius 2 is 1.88 bits per heavy atom. The predicted octanol–water partition coefficient (Wildman–Crippen LogP) is 2.95. The maximum atomic E-state index is 12.1. The summed E-state index contributed by atoms with van der Waals surface area (Å²) in [7, 11) is 1.93. The van der Waals surface area contributed by atoms with Crippen LogP contribution in [0.1, 0.15) is 40.5 Å². The van der Waals surface area contributed by atoms with Crippen LogP contribution in [0, 0.1) is 0 Å². The van der Waals surface area contributed by atoms with Gasteiger partial charge in [-0.25, -0.2) is 9.59 Å². The number of likely N-dealkylation sites (tertiary alicyclic amines) is 1. The van der Waals surface area contributed by atoms with E-state index in [2.05, 4.69) is 6.58 Å². The fourth-order valence-electron chi connectivity index (χ4n) is 2.51. The molecule has 0 aromatic heterocycles. The van der Waals surface area contributed by atoms with E-state index in [-0.39, 0.29) is 18.1 Å². The van der Waals surface area contributed by atoms with Gasteiger partial charge in [-0.15, -0.1) is 0 Å². The number of esters is 1. The largest absolute Gasteiger partial charge is 0.462 e. The molecule has 0 saturated carbocycles. The van der Waals surface area contributed by atoms with Crippen LogP contribution in [0.15, 0.2) is 24.4 Å². The number of hydrogen-bond acceptors (Lipinski definition) is 5. The molecule has 24 heavy (non-hydrogen) atoms. The van der Waals surface area contributed by atoms with E-state index in [9.17, 15) is 9.59 Å². The fourth-order valence-corrected chi connectivity index (χ4v) is 2.51. The van der Waals surface area contributed by atoms with Gasteiger partial charge in [-0.05, 0) is 40.5 Å². The van der Waals surface area contributed by atoms with Crippen LogP contribution in [0.2, 0.25) is 0 Å². The second kappa shape index (κ2) is 8.76. The van der Waals surface area contributed by atoms with Crippen molar-refractivity contribution >= 4 is 12.1 Å². The zero-order valence-electron chi connectivity index (χ0n) is 15.5. The Kier molecular flexibility index (Phi) is 7.32. The second-order valence-electron chi connectivity index (χ2n) is 6.87. The molecule has 1 fully saturated rings. The lowest BCUT2D eigenvalue weighted by Gasteiger charge is -2.37. The minimum atomic E-state index is -0.480. The van der Waals surface area contributed by atoms with E-state index in [1.54, 1.807) is 18.0 Å². The lowest BCUT2D eigenvalue weighted by atomic mass is 10.0. The van der Waals surface area contributed by atoms with Crippen LogP contribution in [-0.2, 0) is 14.3 Å². The Balaban J connectivity index is 2.59. The third-order valence-corrected chi connectivity index (χ3v) is 3.77. The molecule has 1 rings (SSSR count). The van der Waals surface area contributed by atoms with Crippen molar-refractivity contribution in [2.75, 3.05) is 26.7 Å². The number of nitrogens with zero attached hydrogens (tertiary/aromatic N) is 2. The van der Waals surface area contributed by atoms with Gasteiger partial charge < -0.3 is 19.3 Å². The molecule has 0 aliphatic carbocycles. The summed E-state index contributed by atoms with van der Waals surface area (Å²) in [6.07, 6.45) is 4.64. The molecule has 0 atom stereocenters. The fraction of sp³-hybridized carbons (Fsp3) is 0.667. The first-order valence-electron chi connectivity index (χ1n) is 8.39. The topological polar surface area (TPSA) is 59.1 Å². The maximum Gasteiger partial charge on any atom is 0.410 e. The van der Waals surface area contributed by atoms with E-state index < -0.39 is 5.60 Å². The van der Waals surface area contributed by atoms with Gasteiger partial charge in [-0.3, -0.25) is 0 Å². The molecule has 1 heterocycles. The first-order chi connectivity index (χ1) is 11.2. The van der Waals surface area contributed by atoms with E-state index in [0.717, 1.165) is 12.8 Å².